The van der Waals surface area contributed by atoms with Crippen molar-refractivity contribution < 1.29 is 4.42 Å². The van der Waals surface area contributed by atoms with Crippen LogP contribution >= 0.6 is 12.2 Å². The summed E-state index contributed by atoms with van der Waals surface area (Å²) in [6, 6.07) is 5.18. The van der Waals surface area contributed by atoms with Gasteiger partial charge in [-0.25, -0.2) is 0 Å². The van der Waals surface area contributed by atoms with Crippen molar-refractivity contribution in [1.29, 1.82) is 0 Å². The summed E-state index contributed by atoms with van der Waals surface area (Å²) in [5.41, 5.74) is 7.36. The van der Waals surface area contributed by atoms with Crippen molar-refractivity contribution in [2.45, 2.75) is 0 Å². The molecule has 0 aliphatic rings. The van der Waals surface area contributed by atoms with Gasteiger partial charge in [-0.05, 0) is 30.4 Å². The molecule has 2 heterocycles. The van der Waals surface area contributed by atoms with Crippen LogP contribution in [-0.4, -0.2) is 9.97 Å². The topological polar surface area (TPSA) is 87.8 Å². The van der Waals surface area contributed by atoms with Crippen LogP contribution in [0.15, 0.2) is 27.4 Å². The summed E-state index contributed by atoms with van der Waals surface area (Å²) in [6.45, 7) is 0. The number of nitrogens with two attached hydrogens (primary N) is 1. The van der Waals surface area contributed by atoms with Gasteiger partial charge in [-0.2, -0.15) is 0 Å². The van der Waals surface area contributed by atoms with Crippen molar-refractivity contribution in [3.63, 3.8) is 0 Å². The van der Waals surface area contributed by atoms with Gasteiger partial charge in [0.2, 0.25) is 5.58 Å². The smallest absolute Gasteiger partial charge is 0.295 e. The fourth-order valence-electron chi connectivity index (χ4n) is 1.70. The number of aromatic nitrogens is 2. The Bertz CT molecular complexity index is 812. The molecule has 0 bridgehead atoms. The lowest BCUT2D eigenvalue weighted by atomic mass is 10.2. The molecule has 3 aromatic rings. The van der Waals surface area contributed by atoms with E-state index in [0.717, 1.165) is 5.39 Å². The number of anilines is 1. The predicted molar refractivity (Wildman–Crippen MR) is 63.9 cm³/mol. The number of aromatic amines is 2. The third-order valence-electron chi connectivity index (χ3n) is 2.38. The average molecular weight is 233 g/mol. The van der Waals surface area contributed by atoms with E-state index in [9.17, 15) is 4.79 Å². The summed E-state index contributed by atoms with van der Waals surface area (Å²) < 4.78 is 5.68. The Labute approximate surface area is 93.9 Å². The molecule has 5 nitrogen and oxygen atoms in total. The van der Waals surface area contributed by atoms with E-state index in [1.54, 1.807) is 18.2 Å². The molecule has 3 rings (SSSR count). The minimum Gasteiger partial charge on any atom is -0.449 e. The highest BCUT2D eigenvalue weighted by molar-refractivity contribution is 7.71. The average Bonchev–Trinajstić information content (AvgIpc) is 2.57. The quantitative estimate of drug-likeness (QED) is 0.409. The molecular formula is C10H7N3O2S. The summed E-state index contributed by atoms with van der Waals surface area (Å²) >= 11 is 4.90. The fraction of sp³-hybridized carbons (Fsp3) is 0. The number of furan rings is 1. The van der Waals surface area contributed by atoms with Gasteiger partial charge in [-0.1, -0.05) is 0 Å². The molecule has 0 aliphatic carbocycles. The van der Waals surface area contributed by atoms with Crippen LogP contribution in [0.1, 0.15) is 0 Å². The van der Waals surface area contributed by atoms with Crippen LogP contribution in [0.5, 0.6) is 0 Å². The Balaban J connectivity index is 2.68. The molecule has 0 saturated heterocycles. The van der Waals surface area contributed by atoms with E-state index in [1.165, 1.54) is 0 Å². The highest BCUT2D eigenvalue weighted by Crippen LogP contribution is 2.26. The Morgan fingerprint density at radius 1 is 1.31 bits per heavy atom. The molecule has 80 valence electrons. The molecule has 0 saturated carbocycles. The predicted octanol–water partition coefficient (Wildman–Crippen LogP) is 1.91. The van der Waals surface area contributed by atoms with E-state index in [0.29, 0.717) is 16.8 Å². The maximum atomic E-state index is 11.6. The number of benzene rings is 1. The third kappa shape index (κ3) is 1.17. The summed E-state index contributed by atoms with van der Waals surface area (Å²) in [7, 11) is 0. The van der Waals surface area contributed by atoms with E-state index in [2.05, 4.69) is 9.97 Å². The minimum atomic E-state index is -0.339. The zero-order valence-electron chi connectivity index (χ0n) is 8.03. The lowest BCUT2D eigenvalue weighted by Crippen LogP contribution is -2.05. The molecule has 0 radical (unpaired) electrons. The molecule has 4 N–H and O–H groups in total. The van der Waals surface area contributed by atoms with Crippen LogP contribution in [0.4, 0.5) is 5.69 Å². The van der Waals surface area contributed by atoms with E-state index < -0.39 is 0 Å². The van der Waals surface area contributed by atoms with Crippen molar-refractivity contribution in [1.82, 2.24) is 9.97 Å². The molecule has 1 aromatic carbocycles. The molecular weight excluding hydrogens is 226 g/mol. The lowest BCUT2D eigenvalue weighted by molar-refractivity contribution is 0.661. The van der Waals surface area contributed by atoms with Gasteiger partial charge in [0.15, 0.2) is 4.77 Å². The van der Waals surface area contributed by atoms with Gasteiger partial charge in [0.1, 0.15) is 11.1 Å². The maximum Gasteiger partial charge on any atom is 0.295 e. The van der Waals surface area contributed by atoms with Gasteiger partial charge in [0.25, 0.3) is 5.56 Å². The van der Waals surface area contributed by atoms with Gasteiger partial charge in [-0.15, -0.1) is 0 Å². The second-order valence-electron chi connectivity index (χ2n) is 3.47. The number of hydrogen-bond donors (Lipinski definition) is 3. The second-order valence-corrected chi connectivity index (χ2v) is 3.88. The molecule has 0 fully saturated rings. The van der Waals surface area contributed by atoms with Crippen LogP contribution in [-0.2, 0) is 0 Å². The number of nitrogen functional groups attached to an aromatic ring is 1. The first-order valence-corrected chi connectivity index (χ1v) is 5.00. The SMILES string of the molecule is Nc1ccc2oc3c(=O)[nH]c(=S)[nH]c3c2c1. The van der Waals surface area contributed by atoms with E-state index in [1.807, 2.05) is 0 Å². The summed E-state index contributed by atoms with van der Waals surface area (Å²) in [4.78, 5) is 16.9. The van der Waals surface area contributed by atoms with Gasteiger partial charge in [-0.3, -0.25) is 9.78 Å². The third-order valence-corrected chi connectivity index (χ3v) is 2.59. The van der Waals surface area contributed by atoms with Crippen molar-refractivity contribution in [3.8, 4) is 0 Å². The van der Waals surface area contributed by atoms with Crippen LogP contribution in [0.25, 0.3) is 22.1 Å². The standard InChI is InChI=1S/C10H7N3O2S/c11-4-1-2-6-5(3-4)7-8(15-6)9(14)13-10(16)12-7/h1-3H,11H2,(H2,12,13,14,16). The molecule has 2 aromatic heterocycles. The monoisotopic (exact) mass is 233 g/mol. The van der Waals surface area contributed by atoms with E-state index >= 15 is 0 Å². The second kappa shape index (κ2) is 2.96. The van der Waals surface area contributed by atoms with Crippen LogP contribution in [0, 0.1) is 4.77 Å². The molecule has 0 aliphatic heterocycles. The minimum absolute atomic E-state index is 0.231. The number of H-pyrrole nitrogens is 2. The Morgan fingerprint density at radius 2 is 2.12 bits per heavy atom. The Kier molecular flexibility index (Phi) is 1.69. The Hall–Kier alpha value is -2.08. The Morgan fingerprint density at radius 3 is 2.94 bits per heavy atom. The highest BCUT2D eigenvalue weighted by atomic mass is 32.1. The van der Waals surface area contributed by atoms with Crippen LogP contribution in [0.3, 0.4) is 0 Å². The van der Waals surface area contributed by atoms with E-state index in [4.69, 9.17) is 22.4 Å². The first-order valence-electron chi connectivity index (χ1n) is 4.59. The van der Waals surface area contributed by atoms with Gasteiger partial charge >= 0.3 is 0 Å². The summed E-state index contributed by atoms with van der Waals surface area (Å²) in [5.74, 6) is 0. The zero-order valence-corrected chi connectivity index (χ0v) is 8.85. The summed E-state index contributed by atoms with van der Waals surface area (Å²) in [5, 5.41) is 0.757. The highest BCUT2D eigenvalue weighted by Gasteiger charge is 2.10. The summed E-state index contributed by atoms with van der Waals surface area (Å²) in [6.07, 6.45) is 0. The van der Waals surface area contributed by atoms with Gasteiger partial charge in [0, 0.05) is 11.1 Å². The number of hydrogen-bond acceptors (Lipinski definition) is 4. The van der Waals surface area contributed by atoms with Crippen molar-refractivity contribution >= 4 is 40.0 Å². The first kappa shape index (κ1) is 9.17. The first-order chi connectivity index (χ1) is 7.65. The largest absolute Gasteiger partial charge is 0.449 e. The van der Waals surface area contributed by atoms with Gasteiger partial charge in [0.05, 0.1) is 0 Å². The molecule has 6 heteroatoms. The van der Waals surface area contributed by atoms with Gasteiger partial charge < -0.3 is 15.1 Å². The van der Waals surface area contributed by atoms with Crippen LogP contribution in [0.2, 0.25) is 0 Å². The number of rotatable bonds is 0. The molecule has 16 heavy (non-hydrogen) atoms. The molecule has 0 unspecified atom stereocenters. The van der Waals surface area contributed by atoms with E-state index in [-0.39, 0.29) is 15.9 Å². The zero-order chi connectivity index (χ0) is 11.3. The van der Waals surface area contributed by atoms with Crippen molar-refractivity contribution in [3.05, 3.63) is 33.3 Å². The number of nitrogens with one attached hydrogen (secondary N) is 2. The maximum absolute atomic E-state index is 11.6. The molecule has 0 amide bonds. The van der Waals surface area contributed by atoms with Crippen molar-refractivity contribution in [2.24, 2.45) is 0 Å². The normalized spacial score (nSPS) is 11.2. The lowest BCUT2D eigenvalue weighted by Gasteiger charge is -1.91. The fourth-order valence-corrected chi connectivity index (χ4v) is 1.90. The van der Waals surface area contributed by atoms with Crippen molar-refractivity contribution in [2.75, 3.05) is 5.73 Å². The molecule has 0 atom stereocenters. The number of fused-ring (bicyclic) bond motifs is 3. The van der Waals surface area contributed by atoms with Crippen LogP contribution < -0.4 is 11.3 Å². The molecule has 0 spiro atoms.